The average molecular weight is 233 g/mol. The largest absolute Gasteiger partial charge is 0.493 e. The van der Waals surface area contributed by atoms with Crippen LogP contribution in [-0.2, 0) is 0 Å². The molecule has 0 amide bonds. The van der Waals surface area contributed by atoms with Gasteiger partial charge in [0.25, 0.3) is 0 Å². The highest BCUT2D eigenvalue weighted by Gasteiger charge is 2.06. The maximum absolute atomic E-state index is 7.86. The van der Waals surface area contributed by atoms with Gasteiger partial charge in [-0.1, -0.05) is 32.0 Å². The number of para-hydroxylation sites is 1. The van der Waals surface area contributed by atoms with E-state index in [0.29, 0.717) is 12.5 Å². The van der Waals surface area contributed by atoms with Crippen LogP contribution in [0.15, 0.2) is 24.3 Å². The van der Waals surface area contributed by atoms with Gasteiger partial charge in [-0.3, -0.25) is 0 Å². The topological polar surface area (TPSA) is 33.1 Å². The summed E-state index contributed by atoms with van der Waals surface area (Å²) in [6.45, 7) is 6.99. The fraction of sp³-hybridized carbons (Fsp3) is 0.533. The molecule has 0 radical (unpaired) electrons. The minimum Gasteiger partial charge on any atom is -0.493 e. The van der Waals surface area contributed by atoms with Crippen molar-refractivity contribution in [1.29, 1.82) is 5.41 Å². The predicted octanol–water partition coefficient (Wildman–Crippen LogP) is 4.22. The van der Waals surface area contributed by atoms with E-state index in [1.165, 1.54) is 5.56 Å². The van der Waals surface area contributed by atoms with Crippen LogP contribution in [0.3, 0.4) is 0 Å². The summed E-state index contributed by atoms with van der Waals surface area (Å²) in [5.74, 6) is 1.37. The Labute approximate surface area is 105 Å². The molecule has 0 aliphatic heterocycles. The summed E-state index contributed by atoms with van der Waals surface area (Å²) in [7, 11) is 0. The number of hydrogen-bond acceptors (Lipinski definition) is 2. The van der Waals surface area contributed by atoms with Crippen LogP contribution in [0.1, 0.15) is 38.7 Å². The van der Waals surface area contributed by atoms with E-state index >= 15 is 0 Å². The van der Waals surface area contributed by atoms with E-state index < -0.39 is 0 Å². The second-order valence-corrected chi connectivity index (χ2v) is 4.55. The first kappa shape index (κ1) is 13.8. The second kappa shape index (κ2) is 7.10. The van der Waals surface area contributed by atoms with Crippen LogP contribution in [-0.4, -0.2) is 12.3 Å². The van der Waals surface area contributed by atoms with Crippen LogP contribution in [0.2, 0.25) is 0 Å². The molecular weight excluding hydrogens is 210 g/mol. The van der Waals surface area contributed by atoms with Crippen molar-refractivity contribution >= 4 is 5.71 Å². The Morgan fingerprint density at radius 3 is 2.71 bits per heavy atom. The highest BCUT2D eigenvalue weighted by Crippen LogP contribution is 2.16. The molecule has 0 spiro atoms. The van der Waals surface area contributed by atoms with Crippen LogP contribution < -0.4 is 4.74 Å². The fourth-order valence-electron chi connectivity index (χ4n) is 1.66. The van der Waals surface area contributed by atoms with E-state index in [-0.39, 0.29) is 0 Å². The molecule has 1 atom stereocenters. The van der Waals surface area contributed by atoms with Gasteiger partial charge in [0, 0.05) is 5.71 Å². The van der Waals surface area contributed by atoms with Crippen molar-refractivity contribution in [2.24, 2.45) is 5.92 Å². The first-order chi connectivity index (χ1) is 8.15. The Bertz CT molecular complexity index is 360. The van der Waals surface area contributed by atoms with Gasteiger partial charge in [0.2, 0.25) is 0 Å². The van der Waals surface area contributed by atoms with Gasteiger partial charge in [-0.25, -0.2) is 0 Å². The van der Waals surface area contributed by atoms with Crippen LogP contribution in [0.5, 0.6) is 5.75 Å². The molecule has 0 saturated heterocycles. The summed E-state index contributed by atoms with van der Waals surface area (Å²) < 4.78 is 5.70. The maximum Gasteiger partial charge on any atom is 0.122 e. The third kappa shape index (κ3) is 4.59. The molecule has 2 nitrogen and oxygen atoms in total. The van der Waals surface area contributed by atoms with Crippen molar-refractivity contribution in [2.45, 2.75) is 40.0 Å². The Balaban J connectivity index is 2.25. The lowest BCUT2D eigenvalue weighted by Crippen LogP contribution is -2.10. The molecule has 0 heterocycles. The van der Waals surface area contributed by atoms with Gasteiger partial charge in [0.1, 0.15) is 5.75 Å². The zero-order valence-electron chi connectivity index (χ0n) is 11.1. The lowest BCUT2D eigenvalue weighted by Gasteiger charge is -2.11. The molecule has 2 heteroatoms. The summed E-state index contributed by atoms with van der Waals surface area (Å²) in [5, 5.41) is 7.86. The minimum absolute atomic E-state index is 0.411. The lowest BCUT2D eigenvalue weighted by atomic mass is 9.99. The number of benzene rings is 1. The summed E-state index contributed by atoms with van der Waals surface area (Å²) in [6.07, 6.45) is 2.83. The van der Waals surface area contributed by atoms with Gasteiger partial charge in [-0.15, -0.1) is 0 Å². The van der Waals surface area contributed by atoms with Crippen molar-refractivity contribution in [3.8, 4) is 5.75 Å². The van der Waals surface area contributed by atoms with E-state index in [2.05, 4.69) is 26.8 Å². The molecule has 0 saturated carbocycles. The van der Waals surface area contributed by atoms with Crippen LogP contribution in [0.4, 0.5) is 0 Å². The SMILES string of the molecule is CC[C@@H](C)C(=N)CCCOc1ccccc1C. The Kier molecular flexibility index (Phi) is 5.75. The molecule has 0 fully saturated rings. The zero-order valence-corrected chi connectivity index (χ0v) is 11.1. The number of aryl methyl sites for hydroxylation is 1. The highest BCUT2D eigenvalue weighted by molar-refractivity contribution is 5.83. The molecule has 1 N–H and O–H groups in total. The van der Waals surface area contributed by atoms with Crippen LogP contribution >= 0.6 is 0 Å². The minimum atomic E-state index is 0.411. The van der Waals surface area contributed by atoms with E-state index in [1.54, 1.807) is 0 Å². The summed E-state index contributed by atoms with van der Waals surface area (Å²) in [6, 6.07) is 8.05. The van der Waals surface area contributed by atoms with Crippen molar-refractivity contribution < 1.29 is 4.74 Å². The standard InChI is InChI=1S/C15H23NO/c1-4-12(2)14(16)9-7-11-17-15-10-6-5-8-13(15)3/h5-6,8,10,12,16H,4,7,9,11H2,1-3H3/t12-/m1/s1. The molecule has 94 valence electrons. The molecule has 1 rings (SSSR count). The molecule has 0 aliphatic carbocycles. The number of nitrogens with one attached hydrogen (secondary N) is 1. The smallest absolute Gasteiger partial charge is 0.122 e. The normalized spacial score (nSPS) is 12.2. The van der Waals surface area contributed by atoms with Crippen molar-refractivity contribution in [3.05, 3.63) is 29.8 Å². The third-order valence-corrected chi connectivity index (χ3v) is 3.15. The molecule has 1 aromatic rings. The van der Waals surface area contributed by atoms with Gasteiger partial charge in [0.05, 0.1) is 6.61 Å². The average Bonchev–Trinajstić information content (AvgIpc) is 2.35. The van der Waals surface area contributed by atoms with Crippen LogP contribution in [0.25, 0.3) is 0 Å². The van der Waals surface area contributed by atoms with Crippen molar-refractivity contribution in [2.75, 3.05) is 6.61 Å². The monoisotopic (exact) mass is 233 g/mol. The first-order valence-corrected chi connectivity index (χ1v) is 6.41. The lowest BCUT2D eigenvalue weighted by molar-refractivity contribution is 0.311. The Morgan fingerprint density at radius 2 is 2.06 bits per heavy atom. The van der Waals surface area contributed by atoms with Gasteiger partial charge >= 0.3 is 0 Å². The van der Waals surface area contributed by atoms with Crippen molar-refractivity contribution in [3.63, 3.8) is 0 Å². The Morgan fingerprint density at radius 1 is 1.35 bits per heavy atom. The third-order valence-electron chi connectivity index (χ3n) is 3.15. The van der Waals surface area contributed by atoms with E-state index in [9.17, 15) is 0 Å². The van der Waals surface area contributed by atoms with Gasteiger partial charge in [-0.2, -0.15) is 0 Å². The fourth-order valence-corrected chi connectivity index (χ4v) is 1.66. The van der Waals surface area contributed by atoms with Gasteiger partial charge < -0.3 is 10.1 Å². The summed E-state index contributed by atoms with van der Waals surface area (Å²) in [5.41, 5.74) is 2.02. The number of hydrogen-bond donors (Lipinski definition) is 1. The molecule has 1 aromatic carbocycles. The molecule has 0 aliphatic rings. The zero-order chi connectivity index (χ0) is 12.7. The molecule has 0 aromatic heterocycles. The molecule has 17 heavy (non-hydrogen) atoms. The second-order valence-electron chi connectivity index (χ2n) is 4.55. The molecular formula is C15H23NO. The Hall–Kier alpha value is -1.31. The van der Waals surface area contributed by atoms with E-state index in [4.69, 9.17) is 10.1 Å². The summed E-state index contributed by atoms with van der Waals surface area (Å²) in [4.78, 5) is 0. The maximum atomic E-state index is 7.86. The van der Waals surface area contributed by atoms with Gasteiger partial charge in [0.15, 0.2) is 0 Å². The number of rotatable bonds is 7. The molecule has 0 bridgehead atoms. The van der Waals surface area contributed by atoms with Crippen molar-refractivity contribution in [1.82, 2.24) is 0 Å². The van der Waals surface area contributed by atoms with E-state index in [0.717, 1.165) is 30.7 Å². The van der Waals surface area contributed by atoms with E-state index in [1.807, 2.05) is 18.2 Å². The number of ether oxygens (including phenoxy) is 1. The van der Waals surface area contributed by atoms with Gasteiger partial charge in [-0.05, 0) is 43.7 Å². The highest BCUT2D eigenvalue weighted by atomic mass is 16.5. The predicted molar refractivity (Wildman–Crippen MR) is 73.1 cm³/mol. The van der Waals surface area contributed by atoms with Crippen LogP contribution in [0, 0.1) is 18.3 Å². The first-order valence-electron chi connectivity index (χ1n) is 6.41. The molecule has 0 unspecified atom stereocenters. The quantitative estimate of drug-likeness (QED) is 0.555. The summed E-state index contributed by atoms with van der Waals surface area (Å²) >= 11 is 0.